The fourth-order valence-corrected chi connectivity index (χ4v) is 2.05. The Morgan fingerprint density at radius 3 is 2.92 bits per heavy atom. The van der Waals surface area contributed by atoms with E-state index in [1.165, 1.54) is 11.0 Å². The highest BCUT2D eigenvalue weighted by molar-refractivity contribution is 14.1. The van der Waals surface area contributed by atoms with Crippen LogP contribution in [0.25, 0.3) is 0 Å². The zero-order chi connectivity index (χ0) is 9.59. The maximum absolute atomic E-state index is 13.3. The number of hydrogen-bond donors (Lipinski definition) is 0. The Hall–Kier alpha value is -0.650. The van der Waals surface area contributed by atoms with Gasteiger partial charge in [-0.05, 0) is 34.7 Å². The van der Waals surface area contributed by atoms with Gasteiger partial charge in [-0.2, -0.15) is 0 Å². The molecule has 1 aliphatic rings. The van der Waals surface area contributed by atoms with Gasteiger partial charge in [0.2, 0.25) is 0 Å². The smallest absolute Gasteiger partial charge is 0.254 e. The molecule has 0 aromatic heterocycles. The van der Waals surface area contributed by atoms with Crippen molar-refractivity contribution in [1.29, 1.82) is 0 Å². The highest BCUT2D eigenvalue weighted by Crippen LogP contribution is 2.25. The van der Waals surface area contributed by atoms with Crippen molar-refractivity contribution >= 4 is 28.5 Å². The molecule has 1 aromatic carbocycles. The molecule has 1 aliphatic heterocycles. The molecule has 0 N–H and O–H groups in total. The summed E-state index contributed by atoms with van der Waals surface area (Å²) in [6.07, 6.45) is 0. The minimum atomic E-state index is -0.278. The van der Waals surface area contributed by atoms with Crippen molar-refractivity contribution in [3.8, 4) is 0 Å². The Balaban J connectivity index is 2.64. The Kier molecular flexibility index (Phi) is 2.02. The average molecular weight is 291 g/mol. The summed E-state index contributed by atoms with van der Waals surface area (Å²) < 4.78 is 14.1. The molecule has 1 heterocycles. The molecule has 4 heteroatoms. The number of nitrogens with zero attached hydrogens (tertiary/aromatic N) is 1. The van der Waals surface area contributed by atoms with Gasteiger partial charge in [0.05, 0.1) is 0 Å². The van der Waals surface area contributed by atoms with Crippen LogP contribution >= 0.6 is 22.6 Å². The Labute approximate surface area is 88.9 Å². The minimum absolute atomic E-state index is 0.0904. The number of halogens is 2. The Bertz CT molecular complexity index is 391. The number of hydrogen-bond acceptors (Lipinski definition) is 1. The van der Waals surface area contributed by atoms with E-state index in [2.05, 4.69) is 0 Å². The summed E-state index contributed by atoms with van der Waals surface area (Å²) in [7, 11) is 1.68. The zero-order valence-corrected chi connectivity index (χ0v) is 9.13. The molecule has 2 rings (SSSR count). The van der Waals surface area contributed by atoms with E-state index in [1.54, 1.807) is 13.1 Å². The summed E-state index contributed by atoms with van der Waals surface area (Å²) in [5.74, 6) is -0.369. The molecule has 0 bridgehead atoms. The maximum atomic E-state index is 13.3. The number of amides is 1. The predicted molar refractivity (Wildman–Crippen MR) is 54.9 cm³/mol. The second-order valence-electron chi connectivity index (χ2n) is 3.07. The van der Waals surface area contributed by atoms with Gasteiger partial charge < -0.3 is 4.90 Å². The summed E-state index contributed by atoms with van der Waals surface area (Å²) in [5.41, 5.74) is 1.03. The largest absolute Gasteiger partial charge is 0.337 e. The second kappa shape index (κ2) is 2.94. The predicted octanol–water partition coefficient (Wildman–Crippen LogP) is 2.02. The van der Waals surface area contributed by atoms with Crippen molar-refractivity contribution in [1.82, 2.24) is 4.90 Å². The van der Waals surface area contributed by atoms with E-state index in [-0.39, 0.29) is 11.7 Å². The first-order valence-electron chi connectivity index (χ1n) is 3.83. The third-order valence-corrected chi connectivity index (χ3v) is 2.76. The van der Waals surface area contributed by atoms with Gasteiger partial charge in [-0.25, -0.2) is 4.39 Å². The molecule has 1 amide bonds. The van der Waals surface area contributed by atoms with Crippen LogP contribution in [0.1, 0.15) is 15.9 Å². The second-order valence-corrected chi connectivity index (χ2v) is 4.32. The molecule has 0 fully saturated rings. The molecule has 0 spiro atoms. The third kappa shape index (κ3) is 1.33. The molecule has 0 radical (unpaired) electrons. The summed E-state index contributed by atoms with van der Waals surface area (Å²) in [6, 6.07) is 3.18. The van der Waals surface area contributed by atoms with Crippen molar-refractivity contribution in [2.45, 2.75) is 6.54 Å². The highest BCUT2D eigenvalue weighted by Gasteiger charge is 2.27. The van der Waals surface area contributed by atoms with E-state index in [9.17, 15) is 9.18 Å². The van der Waals surface area contributed by atoms with E-state index < -0.39 is 0 Å². The highest BCUT2D eigenvalue weighted by atomic mass is 127. The summed E-state index contributed by atoms with van der Waals surface area (Å²) >= 11 is 2.01. The molecule has 1 aromatic rings. The van der Waals surface area contributed by atoms with Crippen LogP contribution in [-0.4, -0.2) is 17.9 Å². The molecule has 0 saturated carbocycles. The normalized spacial score (nSPS) is 15.0. The van der Waals surface area contributed by atoms with Crippen LogP contribution in [0.2, 0.25) is 0 Å². The van der Waals surface area contributed by atoms with Gasteiger partial charge in [0.1, 0.15) is 5.82 Å². The third-order valence-electron chi connectivity index (χ3n) is 2.13. The lowest BCUT2D eigenvalue weighted by atomic mass is 10.1. The minimum Gasteiger partial charge on any atom is -0.337 e. The first kappa shape index (κ1) is 8.93. The van der Waals surface area contributed by atoms with E-state index >= 15 is 0 Å². The first-order chi connectivity index (χ1) is 6.09. The van der Waals surface area contributed by atoms with Gasteiger partial charge in [-0.15, -0.1) is 0 Å². The van der Waals surface area contributed by atoms with Crippen LogP contribution in [0, 0.1) is 9.39 Å². The van der Waals surface area contributed by atoms with E-state index in [0.29, 0.717) is 17.7 Å². The van der Waals surface area contributed by atoms with Crippen molar-refractivity contribution in [2.75, 3.05) is 7.05 Å². The molecule has 68 valence electrons. The quantitative estimate of drug-likeness (QED) is 0.670. The average Bonchev–Trinajstić information content (AvgIpc) is 2.32. The van der Waals surface area contributed by atoms with Crippen molar-refractivity contribution < 1.29 is 9.18 Å². The van der Waals surface area contributed by atoms with Crippen LogP contribution in [0.4, 0.5) is 4.39 Å². The standard InChI is InChI=1S/C9H7FINO/c1-12-4-7-6(9(12)13)2-5(11)3-8(7)10/h2-3H,4H2,1H3. The molecule has 13 heavy (non-hydrogen) atoms. The number of carbonyl (C=O) groups is 1. The molecular weight excluding hydrogens is 284 g/mol. The van der Waals surface area contributed by atoms with Crippen LogP contribution < -0.4 is 0 Å². The topological polar surface area (TPSA) is 20.3 Å². The number of benzene rings is 1. The molecule has 0 saturated heterocycles. The molecule has 0 aliphatic carbocycles. The summed E-state index contributed by atoms with van der Waals surface area (Å²) in [5, 5.41) is 0. The van der Waals surface area contributed by atoms with Gasteiger partial charge in [0.15, 0.2) is 0 Å². The maximum Gasteiger partial charge on any atom is 0.254 e. The lowest BCUT2D eigenvalue weighted by Gasteiger charge is -2.04. The molecule has 0 atom stereocenters. The van der Waals surface area contributed by atoms with Crippen molar-refractivity contribution in [3.05, 3.63) is 32.6 Å². The van der Waals surface area contributed by atoms with Crippen molar-refractivity contribution in [3.63, 3.8) is 0 Å². The Morgan fingerprint density at radius 1 is 1.54 bits per heavy atom. The number of carbonyl (C=O) groups excluding carboxylic acids is 1. The molecular formula is C9H7FINO. The number of fused-ring (bicyclic) bond motifs is 1. The van der Waals surface area contributed by atoms with Crippen molar-refractivity contribution in [2.24, 2.45) is 0 Å². The van der Waals surface area contributed by atoms with Crippen LogP contribution in [0.5, 0.6) is 0 Å². The van der Waals surface area contributed by atoms with Gasteiger partial charge in [0, 0.05) is 28.3 Å². The van der Waals surface area contributed by atoms with Gasteiger partial charge in [-0.1, -0.05) is 0 Å². The fraction of sp³-hybridized carbons (Fsp3) is 0.222. The lowest BCUT2D eigenvalue weighted by molar-refractivity contribution is 0.0816. The van der Waals surface area contributed by atoms with Crippen LogP contribution in [-0.2, 0) is 6.54 Å². The monoisotopic (exact) mass is 291 g/mol. The van der Waals surface area contributed by atoms with Crippen LogP contribution in [0.15, 0.2) is 12.1 Å². The van der Waals surface area contributed by atoms with E-state index in [0.717, 1.165) is 3.57 Å². The van der Waals surface area contributed by atoms with Crippen LogP contribution in [0.3, 0.4) is 0 Å². The van der Waals surface area contributed by atoms with Gasteiger partial charge in [0.25, 0.3) is 5.91 Å². The SMILES string of the molecule is CN1Cc2c(F)cc(I)cc2C1=O. The van der Waals surface area contributed by atoms with Gasteiger partial charge >= 0.3 is 0 Å². The zero-order valence-electron chi connectivity index (χ0n) is 6.97. The lowest BCUT2D eigenvalue weighted by Crippen LogP contribution is -2.17. The number of rotatable bonds is 0. The summed E-state index contributed by atoms with van der Waals surface area (Å²) in [4.78, 5) is 13.0. The van der Waals surface area contributed by atoms with E-state index in [1.807, 2.05) is 22.6 Å². The van der Waals surface area contributed by atoms with Gasteiger partial charge in [-0.3, -0.25) is 4.79 Å². The molecule has 0 unspecified atom stereocenters. The summed E-state index contributed by atoms with van der Waals surface area (Å²) in [6.45, 7) is 0.386. The molecule has 2 nitrogen and oxygen atoms in total. The fourth-order valence-electron chi connectivity index (χ4n) is 1.47. The first-order valence-corrected chi connectivity index (χ1v) is 4.91. The van der Waals surface area contributed by atoms with E-state index in [4.69, 9.17) is 0 Å². The Morgan fingerprint density at radius 2 is 2.23 bits per heavy atom.